The quantitative estimate of drug-likeness (QED) is 0.413. The average Bonchev–Trinajstić information content (AvgIpc) is 2.82. The standard InChI is InChI=1S/C23H23N3O7S/c24-20(28)13-6-8-26(9-7-13)19(27)12-34-16-3-1-2-15(11-16)25-21(29)17-5-4-14(22(30)31)10-18(17)23(32)33/h1-5,10-11,13H,6-9,12H2,(H2,24,28)(H,25,29)(H,30,31)(H,32,33). The van der Waals surface area contributed by atoms with Crippen molar-refractivity contribution < 1.29 is 34.2 Å². The third kappa shape index (κ3) is 6.13. The largest absolute Gasteiger partial charge is 0.478 e. The van der Waals surface area contributed by atoms with Gasteiger partial charge in [0, 0.05) is 29.6 Å². The second-order valence-corrected chi connectivity index (χ2v) is 8.75. The Morgan fingerprint density at radius 1 is 0.971 bits per heavy atom. The van der Waals surface area contributed by atoms with Gasteiger partial charge in [-0.25, -0.2) is 9.59 Å². The molecule has 1 fully saturated rings. The molecule has 1 heterocycles. The van der Waals surface area contributed by atoms with Crippen LogP contribution in [0.5, 0.6) is 0 Å². The third-order valence-electron chi connectivity index (χ3n) is 5.45. The van der Waals surface area contributed by atoms with E-state index in [4.69, 9.17) is 10.8 Å². The number of rotatable bonds is 8. The van der Waals surface area contributed by atoms with Gasteiger partial charge in [0.1, 0.15) is 0 Å². The normalized spacial score (nSPS) is 13.8. The third-order valence-corrected chi connectivity index (χ3v) is 6.42. The maximum atomic E-state index is 12.7. The van der Waals surface area contributed by atoms with E-state index in [1.165, 1.54) is 11.8 Å². The van der Waals surface area contributed by atoms with Gasteiger partial charge in [0.05, 0.1) is 22.4 Å². The first-order chi connectivity index (χ1) is 16.2. The Morgan fingerprint density at radius 2 is 1.68 bits per heavy atom. The molecule has 3 rings (SSSR count). The van der Waals surface area contributed by atoms with E-state index in [0.717, 1.165) is 23.1 Å². The number of amides is 3. The zero-order valence-corrected chi connectivity index (χ0v) is 18.8. The number of nitrogens with two attached hydrogens (primary N) is 1. The number of hydrogen-bond donors (Lipinski definition) is 4. The topological polar surface area (TPSA) is 167 Å². The number of likely N-dealkylation sites (tertiary alicyclic amines) is 1. The van der Waals surface area contributed by atoms with E-state index >= 15 is 0 Å². The van der Waals surface area contributed by atoms with Crippen LogP contribution in [0, 0.1) is 5.92 Å². The second-order valence-electron chi connectivity index (χ2n) is 7.70. The lowest BCUT2D eigenvalue weighted by Gasteiger charge is -2.30. The number of carboxylic acids is 2. The molecular formula is C23H23N3O7S. The van der Waals surface area contributed by atoms with Crippen molar-refractivity contribution in [3.05, 3.63) is 59.2 Å². The predicted molar refractivity (Wildman–Crippen MR) is 124 cm³/mol. The Morgan fingerprint density at radius 3 is 2.29 bits per heavy atom. The van der Waals surface area contributed by atoms with Gasteiger partial charge in [0.25, 0.3) is 5.91 Å². The summed E-state index contributed by atoms with van der Waals surface area (Å²) in [5.74, 6) is -3.84. The Balaban J connectivity index is 1.62. The highest BCUT2D eigenvalue weighted by molar-refractivity contribution is 8.00. The summed E-state index contributed by atoms with van der Waals surface area (Å²) in [6.07, 6.45) is 1.11. The molecule has 0 spiro atoms. The molecule has 1 aliphatic heterocycles. The second kappa shape index (κ2) is 10.8. The predicted octanol–water partition coefficient (Wildman–Crippen LogP) is 2.15. The molecule has 2 aromatic rings. The number of carbonyl (C=O) groups is 5. The summed E-state index contributed by atoms with van der Waals surface area (Å²) in [4.78, 5) is 61.4. The Bertz CT molecular complexity index is 1140. The van der Waals surface area contributed by atoms with E-state index in [-0.39, 0.29) is 34.6 Å². The minimum absolute atomic E-state index is 0.0630. The number of aromatic carboxylic acids is 2. The first-order valence-electron chi connectivity index (χ1n) is 10.4. The first kappa shape index (κ1) is 24.8. The molecule has 0 bridgehead atoms. The summed E-state index contributed by atoms with van der Waals surface area (Å²) in [5, 5.41) is 21.0. The molecule has 10 nitrogen and oxygen atoms in total. The van der Waals surface area contributed by atoms with Crippen LogP contribution >= 0.6 is 11.8 Å². The van der Waals surface area contributed by atoms with E-state index < -0.39 is 23.4 Å². The SMILES string of the molecule is NC(=O)C1CCN(C(=O)CSc2cccc(NC(=O)c3ccc(C(=O)O)cc3C(=O)O)c2)CC1. The number of carbonyl (C=O) groups excluding carboxylic acids is 3. The van der Waals surface area contributed by atoms with Crippen molar-refractivity contribution in [2.45, 2.75) is 17.7 Å². The number of hydrogen-bond acceptors (Lipinski definition) is 6. The van der Waals surface area contributed by atoms with E-state index in [9.17, 15) is 29.1 Å². The molecule has 34 heavy (non-hydrogen) atoms. The molecule has 0 saturated carbocycles. The number of nitrogens with one attached hydrogen (secondary N) is 1. The van der Waals surface area contributed by atoms with Gasteiger partial charge < -0.3 is 26.2 Å². The number of anilines is 1. The zero-order valence-electron chi connectivity index (χ0n) is 18.0. The Hall–Kier alpha value is -3.86. The summed E-state index contributed by atoms with van der Waals surface area (Å²) < 4.78 is 0. The average molecular weight is 486 g/mol. The maximum absolute atomic E-state index is 12.7. The Labute approximate surface area is 199 Å². The molecule has 0 radical (unpaired) electrons. The lowest BCUT2D eigenvalue weighted by Crippen LogP contribution is -2.42. The zero-order chi connectivity index (χ0) is 24.8. The van der Waals surface area contributed by atoms with Crippen molar-refractivity contribution >= 4 is 47.1 Å². The van der Waals surface area contributed by atoms with E-state index in [1.807, 2.05) is 0 Å². The number of nitrogens with zero attached hydrogens (tertiary/aromatic N) is 1. The first-order valence-corrected chi connectivity index (χ1v) is 11.4. The van der Waals surface area contributed by atoms with Crippen molar-refractivity contribution in [2.75, 3.05) is 24.2 Å². The molecule has 1 aliphatic rings. The fourth-order valence-electron chi connectivity index (χ4n) is 3.56. The molecule has 0 atom stereocenters. The van der Waals surface area contributed by atoms with Gasteiger partial charge in [0.15, 0.2) is 0 Å². The number of carboxylic acid groups (broad SMARTS) is 2. The fraction of sp³-hybridized carbons (Fsp3) is 0.261. The maximum Gasteiger partial charge on any atom is 0.336 e. The molecule has 1 saturated heterocycles. The number of piperidine rings is 1. The highest BCUT2D eigenvalue weighted by Crippen LogP contribution is 2.24. The van der Waals surface area contributed by atoms with Crippen LogP contribution in [0.4, 0.5) is 5.69 Å². The Kier molecular flexibility index (Phi) is 7.90. The molecule has 11 heteroatoms. The monoisotopic (exact) mass is 485 g/mol. The highest BCUT2D eigenvalue weighted by Gasteiger charge is 2.25. The van der Waals surface area contributed by atoms with Crippen molar-refractivity contribution in [1.82, 2.24) is 4.90 Å². The summed E-state index contributed by atoms with van der Waals surface area (Å²) >= 11 is 1.29. The number of thioether (sulfide) groups is 1. The fourth-order valence-corrected chi connectivity index (χ4v) is 4.42. The summed E-state index contributed by atoms with van der Waals surface area (Å²) in [5.41, 5.74) is 4.88. The molecule has 178 valence electrons. The van der Waals surface area contributed by atoms with Crippen LogP contribution in [0.2, 0.25) is 0 Å². The molecule has 3 amide bonds. The van der Waals surface area contributed by atoms with Crippen LogP contribution < -0.4 is 11.1 Å². The van der Waals surface area contributed by atoms with Crippen molar-refractivity contribution in [1.29, 1.82) is 0 Å². The van der Waals surface area contributed by atoms with Gasteiger partial charge in [-0.1, -0.05) is 6.07 Å². The van der Waals surface area contributed by atoms with Crippen LogP contribution in [0.15, 0.2) is 47.4 Å². The molecule has 0 aliphatic carbocycles. The summed E-state index contributed by atoms with van der Waals surface area (Å²) in [6.45, 7) is 0.964. The van der Waals surface area contributed by atoms with Crippen LogP contribution in [0.25, 0.3) is 0 Å². The van der Waals surface area contributed by atoms with Gasteiger partial charge in [0.2, 0.25) is 11.8 Å². The van der Waals surface area contributed by atoms with Gasteiger partial charge in [-0.3, -0.25) is 14.4 Å². The van der Waals surface area contributed by atoms with Crippen molar-refractivity contribution in [2.24, 2.45) is 11.7 Å². The van der Waals surface area contributed by atoms with Crippen LogP contribution in [0.1, 0.15) is 43.9 Å². The molecule has 5 N–H and O–H groups in total. The highest BCUT2D eigenvalue weighted by atomic mass is 32.2. The van der Waals surface area contributed by atoms with Crippen LogP contribution in [-0.2, 0) is 9.59 Å². The molecule has 2 aromatic carbocycles. The molecular weight excluding hydrogens is 462 g/mol. The smallest absolute Gasteiger partial charge is 0.336 e. The van der Waals surface area contributed by atoms with Crippen molar-refractivity contribution in [3.63, 3.8) is 0 Å². The van der Waals surface area contributed by atoms with Crippen LogP contribution in [-0.4, -0.2) is 63.6 Å². The van der Waals surface area contributed by atoms with E-state index in [0.29, 0.717) is 31.6 Å². The molecule has 0 unspecified atom stereocenters. The van der Waals surface area contributed by atoms with Gasteiger partial charge in [-0.05, 0) is 49.2 Å². The van der Waals surface area contributed by atoms with Gasteiger partial charge in [-0.2, -0.15) is 0 Å². The van der Waals surface area contributed by atoms with Gasteiger partial charge in [-0.15, -0.1) is 11.8 Å². The van der Waals surface area contributed by atoms with E-state index in [1.54, 1.807) is 29.2 Å². The minimum atomic E-state index is -1.42. The van der Waals surface area contributed by atoms with E-state index in [2.05, 4.69) is 5.32 Å². The number of benzene rings is 2. The summed E-state index contributed by atoms with van der Waals surface area (Å²) in [7, 11) is 0. The van der Waals surface area contributed by atoms with Crippen LogP contribution in [0.3, 0.4) is 0 Å². The lowest BCUT2D eigenvalue weighted by atomic mass is 9.96. The lowest BCUT2D eigenvalue weighted by molar-refractivity contribution is -0.132. The van der Waals surface area contributed by atoms with Gasteiger partial charge >= 0.3 is 11.9 Å². The number of primary amides is 1. The van der Waals surface area contributed by atoms with Crippen molar-refractivity contribution in [3.8, 4) is 0 Å². The molecule has 0 aromatic heterocycles. The summed E-state index contributed by atoms with van der Waals surface area (Å²) in [6, 6.07) is 9.98. The minimum Gasteiger partial charge on any atom is -0.478 e.